The van der Waals surface area contributed by atoms with Crippen LogP contribution in [0.5, 0.6) is 0 Å². The highest BCUT2D eigenvalue weighted by atomic mass is 16.4. The van der Waals surface area contributed by atoms with E-state index in [9.17, 15) is 9.59 Å². The van der Waals surface area contributed by atoms with Crippen LogP contribution >= 0.6 is 0 Å². The van der Waals surface area contributed by atoms with Crippen molar-refractivity contribution in [3.8, 4) is 0 Å². The fourth-order valence-corrected chi connectivity index (χ4v) is 3.36. The SMILES string of the molecule is O=C(O)[C@H]1CCCN(C(=O)NCCCC2CCCC2)C1. The molecule has 20 heavy (non-hydrogen) atoms. The van der Waals surface area contributed by atoms with E-state index in [-0.39, 0.29) is 6.03 Å². The fraction of sp³-hybridized carbons (Fsp3) is 0.867. The zero-order valence-electron chi connectivity index (χ0n) is 12.1. The standard InChI is InChI=1S/C15H26N2O3/c18-14(19)13-8-4-10-17(11-13)15(20)16-9-3-7-12-5-1-2-6-12/h12-13H,1-11H2,(H,16,20)(H,18,19)/t13-/m0/s1. The normalized spacial score (nSPS) is 23.8. The number of rotatable bonds is 5. The van der Waals surface area contributed by atoms with Crippen LogP contribution in [-0.4, -0.2) is 41.6 Å². The van der Waals surface area contributed by atoms with E-state index in [1.54, 1.807) is 4.90 Å². The van der Waals surface area contributed by atoms with Gasteiger partial charge in [-0.3, -0.25) is 4.79 Å². The monoisotopic (exact) mass is 282 g/mol. The van der Waals surface area contributed by atoms with Crippen molar-refractivity contribution in [1.29, 1.82) is 0 Å². The summed E-state index contributed by atoms with van der Waals surface area (Å²) in [4.78, 5) is 24.6. The number of urea groups is 1. The minimum absolute atomic E-state index is 0.0950. The molecule has 0 spiro atoms. The Labute approximate surface area is 120 Å². The summed E-state index contributed by atoms with van der Waals surface area (Å²) in [6, 6.07) is -0.0950. The lowest BCUT2D eigenvalue weighted by atomic mass is 9.99. The average Bonchev–Trinajstić information content (AvgIpc) is 2.96. The second-order valence-electron chi connectivity index (χ2n) is 6.15. The van der Waals surface area contributed by atoms with Crippen molar-refractivity contribution < 1.29 is 14.7 Å². The van der Waals surface area contributed by atoms with Gasteiger partial charge in [-0.2, -0.15) is 0 Å². The highest BCUT2D eigenvalue weighted by Gasteiger charge is 2.27. The molecule has 0 radical (unpaired) electrons. The summed E-state index contributed by atoms with van der Waals surface area (Å²) >= 11 is 0. The number of amides is 2. The molecule has 5 nitrogen and oxygen atoms in total. The first-order chi connectivity index (χ1) is 9.66. The number of hydrogen-bond acceptors (Lipinski definition) is 2. The predicted octanol–water partition coefficient (Wildman–Crippen LogP) is 2.46. The van der Waals surface area contributed by atoms with Gasteiger partial charge in [0.2, 0.25) is 0 Å². The molecule has 2 fully saturated rings. The molecule has 114 valence electrons. The highest BCUT2D eigenvalue weighted by Crippen LogP contribution is 2.28. The molecule has 0 aromatic rings. The maximum atomic E-state index is 12.0. The van der Waals surface area contributed by atoms with Gasteiger partial charge < -0.3 is 15.3 Å². The van der Waals surface area contributed by atoms with E-state index in [4.69, 9.17) is 5.11 Å². The third kappa shape index (κ3) is 4.39. The van der Waals surface area contributed by atoms with E-state index in [1.807, 2.05) is 0 Å². The molecule has 0 unspecified atom stereocenters. The van der Waals surface area contributed by atoms with Gasteiger partial charge in [0.1, 0.15) is 0 Å². The minimum Gasteiger partial charge on any atom is -0.481 e. The zero-order chi connectivity index (χ0) is 14.4. The number of nitrogens with zero attached hydrogens (tertiary/aromatic N) is 1. The number of carbonyl (C=O) groups is 2. The maximum Gasteiger partial charge on any atom is 0.317 e. The van der Waals surface area contributed by atoms with Gasteiger partial charge in [0.05, 0.1) is 5.92 Å². The largest absolute Gasteiger partial charge is 0.481 e. The number of aliphatic carboxylic acids is 1. The number of piperidine rings is 1. The Bertz CT molecular complexity index is 340. The molecule has 2 amide bonds. The van der Waals surface area contributed by atoms with Crippen LogP contribution in [0.4, 0.5) is 4.79 Å². The molecule has 0 aromatic carbocycles. The van der Waals surface area contributed by atoms with Crippen molar-refractivity contribution in [1.82, 2.24) is 10.2 Å². The summed E-state index contributed by atoms with van der Waals surface area (Å²) in [5.74, 6) is -0.324. The van der Waals surface area contributed by atoms with Gasteiger partial charge in [-0.15, -0.1) is 0 Å². The molecular formula is C15H26N2O3. The van der Waals surface area contributed by atoms with Gasteiger partial charge in [-0.05, 0) is 31.6 Å². The van der Waals surface area contributed by atoms with Gasteiger partial charge in [-0.1, -0.05) is 25.7 Å². The van der Waals surface area contributed by atoms with Crippen LogP contribution in [0.1, 0.15) is 51.4 Å². The number of carboxylic acid groups (broad SMARTS) is 1. The fourth-order valence-electron chi connectivity index (χ4n) is 3.36. The van der Waals surface area contributed by atoms with Crippen molar-refractivity contribution in [3.05, 3.63) is 0 Å². The second kappa shape index (κ2) is 7.50. The minimum atomic E-state index is -0.788. The topological polar surface area (TPSA) is 69.6 Å². The zero-order valence-corrected chi connectivity index (χ0v) is 12.1. The van der Waals surface area contributed by atoms with Gasteiger partial charge >= 0.3 is 12.0 Å². The lowest BCUT2D eigenvalue weighted by molar-refractivity contribution is -0.143. The Kier molecular flexibility index (Phi) is 5.68. The molecule has 1 saturated heterocycles. The summed E-state index contributed by atoms with van der Waals surface area (Å²) in [6.45, 7) is 1.74. The van der Waals surface area contributed by atoms with Gasteiger partial charge in [-0.25, -0.2) is 4.79 Å². The van der Waals surface area contributed by atoms with E-state index >= 15 is 0 Å². The van der Waals surface area contributed by atoms with E-state index in [1.165, 1.54) is 32.1 Å². The predicted molar refractivity (Wildman–Crippen MR) is 76.5 cm³/mol. The second-order valence-corrected chi connectivity index (χ2v) is 6.15. The third-order valence-electron chi connectivity index (χ3n) is 4.60. The van der Waals surface area contributed by atoms with Gasteiger partial charge in [0, 0.05) is 19.6 Å². The first-order valence-electron chi connectivity index (χ1n) is 7.92. The summed E-state index contributed by atoms with van der Waals surface area (Å²) in [5, 5.41) is 11.9. The summed E-state index contributed by atoms with van der Waals surface area (Å²) in [7, 11) is 0. The molecule has 2 N–H and O–H groups in total. The van der Waals surface area contributed by atoms with Gasteiger partial charge in [0.25, 0.3) is 0 Å². The average molecular weight is 282 g/mol. The van der Waals surface area contributed by atoms with E-state index in [0.717, 1.165) is 18.8 Å². The summed E-state index contributed by atoms with van der Waals surface area (Å²) in [5.41, 5.74) is 0. The molecule has 0 bridgehead atoms. The maximum absolute atomic E-state index is 12.0. The quantitative estimate of drug-likeness (QED) is 0.761. The molecule has 1 heterocycles. The molecule has 1 saturated carbocycles. The van der Waals surface area contributed by atoms with Crippen molar-refractivity contribution in [2.75, 3.05) is 19.6 Å². The Hall–Kier alpha value is -1.26. The number of carboxylic acids is 1. The van der Waals surface area contributed by atoms with Crippen LogP contribution in [0.25, 0.3) is 0 Å². The van der Waals surface area contributed by atoms with Crippen molar-refractivity contribution in [3.63, 3.8) is 0 Å². The Balaban J connectivity index is 1.62. The molecular weight excluding hydrogens is 256 g/mol. The van der Waals surface area contributed by atoms with Crippen LogP contribution in [0.3, 0.4) is 0 Å². The van der Waals surface area contributed by atoms with Crippen molar-refractivity contribution in [2.45, 2.75) is 51.4 Å². The number of carbonyl (C=O) groups excluding carboxylic acids is 1. The van der Waals surface area contributed by atoms with Crippen LogP contribution in [0.2, 0.25) is 0 Å². The molecule has 1 aliphatic carbocycles. The Morgan fingerprint density at radius 1 is 1.15 bits per heavy atom. The lowest BCUT2D eigenvalue weighted by Crippen LogP contribution is -2.47. The van der Waals surface area contributed by atoms with Crippen molar-refractivity contribution >= 4 is 12.0 Å². The molecule has 5 heteroatoms. The Morgan fingerprint density at radius 2 is 1.90 bits per heavy atom. The van der Waals surface area contributed by atoms with E-state index in [2.05, 4.69) is 5.32 Å². The van der Waals surface area contributed by atoms with Crippen LogP contribution in [0, 0.1) is 11.8 Å². The first kappa shape index (κ1) is 15.1. The highest BCUT2D eigenvalue weighted by molar-refractivity contribution is 5.76. The first-order valence-corrected chi connectivity index (χ1v) is 7.92. The van der Waals surface area contributed by atoms with Crippen LogP contribution in [-0.2, 0) is 4.79 Å². The molecule has 0 aromatic heterocycles. The smallest absolute Gasteiger partial charge is 0.317 e. The van der Waals surface area contributed by atoms with Crippen LogP contribution < -0.4 is 5.32 Å². The van der Waals surface area contributed by atoms with Crippen molar-refractivity contribution in [2.24, 2.45) is 11.8 Å². The molecule has 1 atom stereocenters. The van der Waals surface area contributed by atoms with Crippen LogP contribution in [0.15, 0.2) is 0 Å². The molecule has 2 aliphatic rings. The third-order valence-corrected chi connectivity index (χ3v) is 4.60. The lowest BCUT2D eigenvalue weighted by Gasteiger charge is -2.30. The Morgan fingerprint density at radius 3 is 2.60 bits per heavy atom. The number of hydrogen-bond donors (Lipinski definition) is 2. The summed E-state index contributed by atoms with van der Waals surface area (Å²) in [6.07, 6.45) is 9.13. The molecule has 2 rings (SSSR count). The number of nitrogens with one attached hydrogen (secondary N) is 1. The number of likely N-dealkylation sites (tertiary alicyclic amines) is 1. The van der Waals surface area contributed by atoms with E-state index in [0.29, 0.717) is 26.1 Å². The summed E-state index contributed by atoms with van der Waals surface area (Å²) < 4.78 is 0. The van der Waals surface area contributed by atoms with Gasteiger partial charge in [0.15, 0.2) is 0 Å². The van der Waals surface area contributed by atoms with E-state index < -0.39 is 11.9 Å². The molecule has 1 aliphatic heterocycles.